The van der Waals surface area contributed by atoms with E-state index in [-0.39, 0.29) is 0 Å². The van der Waals surface area contributed by atoms with Gasteiger partial charge in [0.1, 0.15) is 10.6 Å². The van der Waals surface area contributed by atoms with Crippen LogP contribution in [-0.4, -0.2) is 41.3 Å². The lowest BCUT2D eigenvalue weighted by atomic mass is 9.97. The number of anilines is 1. The zero-order chi connectivity index (χ0) is 16.6. The van der Waals surface area contributed by atoms with Gasteiger partial charge in [0.05, 0.1) is 18.6 Å². The first kappa shape index (κ1) is 15.2. The summed E-state index contributed by atoms with van der Waals surface area (Å²) in [6.07, 6.45) is 8.51. The summed E-state index contributed by atoms with van der Waals surface area (Å²) in [6.45, 7) is 3.32. The normalized spacial score (nSPS) is 17.7. The predicted molar refractivity (Wildman–Crippen MR) is 100 cm³/mol. The van der Waals surface area contributed by atoms with Crippen molar-refractivity contribution in [2.45, 2.75) is 25.7 Å². The molecule has 2 aliphatic rings. The molecule has 25 heavy (non-hydrogen) atoms. The Balaban J connectivity index is 1.73. The molecule has 0 bridgehead atoms. The lowest BCUT2D eigenvalue weighted by Crippen LogP contribution is -2.37. The fourth-order valence-electron chi connectivity index (χ4n) is 3.77. The van der Waals surface area contributed by atoms with Crippen LogP contribution in [0.2, 0.25) is 0 Å². The van der Waals surface area contributed by atoms with Crippen molar-refractivity contribution in [2.75, 3.05) is 31.2 Å². The first-order valence-electron chi connectivity index (χ1n) is 8.95. The molecule has 0 radical (unpaired) electrons. The maximum atomic E-state index is 5.55. The van der Waals surface area contributed by atoms with Gasteiger partial charge in [-0.1, -0.05) is 0 Å². The SMILES string of the molecule is c1cc(-c2nc(N3CCOCC3)c3c4c(sc3n2)CCCC4)ccn1. The van der Waals surface area contributed by atoms with E-state index >= 15 is 0 Å². The molecule has 1 fully saturated rings. The van der Waals surface area contributed by atoms with Crippen molar-refractivity contribution in [2.24, 2.45) is 0 Å². The number of aryl methyl sites for hydroxylation is 2. The predicted octanol–water partition coefficient (Wildman–Crippen LogP) is 3.47. The number of hydrogen-bond acceptors (Lipinski definition) is 6. The highest BCUT2D eigenvalue weighted by Gasteiger charge is 2.25. The van der Waals surface area contributed by atoms with Crippen LogP contribution < -0.4 is 4.90 Å². The number of fused-ring (bicyclic) bond motifs is 3. The van der Waals surface area contributed by atoms with Crippen molar-refractivity contribution in [1.29, 1.82) is 0 Å². The zero-order valence-corrected chi connectivity index (χ0v) is 14.9. The number of ether oxygens (including phenoxy) is 1. The van der Waals surface area contributed by atoms with Crippen LogP contribution in [0.15, 0.2) is 24.5 Å². The second-order valence-electron chi connectivity index (χ2n) is 6.60. The monoisotopic (exact) mass is 352 g/mol. The smallest absolute Gasteiger partial charge is 0.163 e. The first-order chi connectivity index (χ1) is 12.4. The summed E-state index contributed by atoms with van der Waals surface area (Å²) in [4.78, 5) is 19.1. The molecule has 128 valence electrons. The van der Waals surface area contributed by atoms with Gasteiger partial charge in [0.2, 0.25) is 0 Å². The Kier molecular flexibility index (Phi) is 3.87. The van der Waals surface area contributed by atoms with E-state index in [0.29, 0.717) is 0 Å². The van der Waals surface area contributed by atoms with Crippen LogP contribution in [0.1, 0.15) is 23.3 Å². The lowest BCUT2D eigenvalue weighted by molar-refractivity contribution is 0.122. The van der Waals surface area contributed by atoms with Gasteiger partial charge in [0.25, 0.3) is 0 Å². The number of thiophene rings is 1. The molecule has 0 atom stereocenters. The van der Waals surface area contributed by atoms with Crippen molar-refractivity contribution < 1.29 is 4.74 Å². The van der Waals surface area contributed by atoms with Crippen molar-refractivity contribution in [3.63, 3.8) is 0 Å². The van der Waals surface area contributed by atoms with E-state index in [1.54, 1.807) is 12.4 Å². The minimum absolute atomic E-state index is 0.766. The van der Waals surface area contributed by atoms with Crippen molar-refractivity contribution >= 4 is 27.4 Å². The summed E-state index contributed by atoms with van der Waals surface area (Å²) in [5.74, 6) is 1.90. The molecule has 0 saturated carbocycles. The van der Waals surface area contributed by atoms with Gasteiger partial charge in [-0.25, -0.2) is 9.97 Å². The van der Waals surface area contributed by atoms with E-state index in [2.05, 4.69) is 9.88 Å². The van der Waals surface area contributed by atoms with Crippen LogP contribution in [0.3, 0.4) is 0 Å². The second kappa shape index (κ2) is 6.35. The molecular formula is C19H20N4OS. The Morgan fingerprint density at radius 3 is 2.64 bits per heavy atom. The summed E-state index contributed by atoms with van der Waals surface area (Å²) in [5.41, 5.74) is 2.52. The van der Waals surface area contributed by atoms with Crippen LogP contribution >= 0.6 is 11.3 Å². The molecule has 0 aromatic carbocycles. The molecule has 0 spiro atoms. The standard InChI is InChI=1S/C19H20N4OS/c1-2-4-15-14(3-1)16-18(23-9-11-24-12-10-23)21-17(22-19(16)25-15)13-5-7-20-8-6-13/h5-8H,1-4,9-12H2. The van der Waals surface area contributed by atoms with Crippen LogP contribution in [0, 0.1) is 0 Å². The van der Waals surface area contributed by atoms with E-state index in [1.807, 2.05) is 23.5 Å². The Hall–Kier alpha value is -2.05. The molecule has 4 heterocycles. The molecule has 1 aliphatic carbocycles. The minimum Gasteiger partial charge on any atom is -0.378 e. The van der Waals surface area contributed by atoms with Gasteiger partial charge >= 0.3 is 0 Å². The van der Waals surface area contributed by atoms with E-state index in [9.17, 15) is 0 Å². The van der Waals surface area contributed by atoms with Gasteiger partial charge in [-0.2, -0.15) is 0 Å². The van der Waals surface area contributed by atoms with Gasteiger partial charge < -0.3 is 9.64 Å². The first-order valence-corrected chi connectivity index (χ1v) is 9.77. The van der Waals surface area contributed by atoms with Crippen molar-refractivity contribution in [3.8, 4) is 11.4 Å². The second-order valence-corrected chi connectivity index (χ2v) is 7.68. The molecule has 1 saturated heterocycles. The molecule has 1 aliphatic heterocycles. The average Bonchev–Trinajstić information content (AvgIpc) is 3.07. The fourth-order valence-corrected chi connectivity index (χ4v) is 5.03. The zero-order valence-electron chi connectivity index (χ0n) is 14.1. The summed E-state index contributed by atoms with van der Waals surface area (Å²) >= 11 is 1.86. The molecule has 0 amide bonds. The van der Waals surface area contributed by atoms with Crippen molar-refractivity contribution in [1.82, 2.24) is 15.0 Å². The van der Waals surface area contributed by atoms with Crippen LogP contribution in [0.4, 0.5) is 5.82 Å². The van der Waals surface area contributed by atoms with E-state index in [4.69, 9.17) is 14.7 Å². The van der Waals surface area contributed by atoms with E-state index in [1.165, 1.54) is 35.1 Å². The van der Waals surface area contributed by atoms with Crippen LogP contribution in [0.5, 0.6) is 0 Å². The van der Waals surface area contributed by atoms with Gasteiger partial charge in [0, 0.05) is 35.9 Å². The molecule has 6 heteroatoms. The average molecular weight is 352 g/mol. The number of pyridine rings is 1. The van der Waals surface area contributed by atoms with Crippen LogP contribution in [0.25, 0.3) is 21.6 Å². The molecule has 3 aromatic rings. The van der Waals surface area contributed by atoms with Gasteiger partial charge in [-0.15, -0.1) is 11.3 Å². The van der Waals surface area contributed by atoms with Gasteiger partial charge in [-0.3, -0.25) is 4.98 Å². The third-order valence-electron chi connectivity index (χ3n) is 5.04. The minimum atomic E-state index is 0.766. The Bertz CT molecular complexity index is 903. The summed E-state index contributed by atoms with van der Waals surface area (Å²) in [5, 5.41) is 1.29. The van der Waals surface area contributed by atoms with Gasteiger partial charge in [-0.05, 0) is 43.4 Å². The van der Waals surface area contributed by atoms with Gasteiger partial charge in [0.15, 0.2) is 5.82 Å². The number of aromatic nitrogens is 3. The van der Waals surface area contributed by atoms with E-state index in [0.717, 1.165) is 54.8 Å². The molecular weight excluding hydrogens is 332 g/mol. The maximum Gasteiger partial charge on any atom is 0.163 e. The van der Waals surface area contributed by atoms with E-state index < -0.39 is 0 Å². The highest BCUT2D eigenvalue weighted by molar-refractivity contribution is 7.19. The summed E-state index contributed by atoms with van der Waals surface area (Å²) in [7, 11) is 0. The molecule has 5 nitrogen and oxygen atoms in total. The number of morpholine rings is 1. The molecule has 3 aromatic heterocycles. The Morgan fingerprint density at radius 2 is 1.80 bits per heavy atom. The quantitative estimate of drug-likeness (QED) is 0.707. The summed E-state index contributed by atoms with van der Waals surface area (Å²) < 4.78 is 5.55. The molecule has 0 unspecified atom stereocenters. The van der Waals surface area contributed by atoms with Crippen LogP contribution in [-0.2, 0) is 17.6 Å². The van der Waals surface area contributed by atoms with Crippen molar-refractivity contribution in [3.05, 3.63) is 35.0 Å². The lowest BCUT2D eigenvalue weighted by Gasteiger charge is -2.29. The summed E-state index contributed by atoms with van der Waals surface area (Å²) in [6, 6.07) is 3.97. The molecule has 5 rings (SSSR count). The number of nitrogens with zero attached hydrogens (tertiary/aromatic N) is 4. The Labute approximate surface area is 150 Å². The third kappa shape index (κ3) is 2.69. The fraction of sp³-hybridized carbons (Fsp3) is 0.421. The maximum absolute atomic E-state index is 5.55. The largest absolute Gasteiger partial charge is 0.378 e. The topological polar surface area (TPSA) is 51.1 Å². The molecule has 0 N–H and O–H groups in total. The number of hydrogen-bond donors (Lipinski definition) is 0. The number of rotatable bonds is 2. The Morgan fingerprint density at radius 1 is 1.00 bits per heavy atom. The highest BCUT2D eigenvalue weighted by Crippen LogP contribution is 2.40. The third-order valence-corrected chi connectivity index (χ3v) is 6.23. The highest BCUT2D eigenvalue weighted by atomic mass is 32.1.